The van der Waals surface area contributed by atoms with E-state index in [4.69, 9.17) is 16.3 Å². The minimum atomic E-state index is 0.384. The third-order valence-electron chi connectivity index (χ3n) is 7.14. The Kier molecular flexibility index (Phi) is 6.98. The van der Waals surface area contributed by atoms with Crippen LogP contribution in [-0.2, 0) is 18.3 Å². The van der Waals surface area contributed by atoms with Crippen LogP contribution in [0.15, 0.2) is 0 Å². The molecule has 0 bridgehead atoms. The zero-order chi connectivity index (χ0) is 19.5. The van der Waals surface area contributed by atoms with E-state index in [2.05, 4.69) is 21.8 Å². The summed E-state index contributed by atoms with van der Waals surface area (Å²) >= 11 is 6.55. The van der Waals surface area contributed by atoms with Gasteiger partial charge in [0.15, 0.2) is 0 Å². The Labute approximate surface area is 175 Å². The molecule has 0 aromatic carbocycles. The normalized spacial score (nSPS) is 25.4. The molecular weight excluding hydrogens is 372 g/mol. The minimum absolute atomic E-state index is 0.384. The van der Waals surface area contributed by atoms with Gasteiger partial charge in [0, 0.05) is 44.9 Å². The van der Waals surface area contributed by atoms with Crippen LogP contribution in [0.1, 0.15) is 62.6 Å². The average molecular weight is 409 g/mol. The standard InChI is InChI=1S/C22H37ClN4O/c1-17-21(22(23)25(2)24-17)16-26(15-20-8-5-13-28-20)14-18-9-11-27(12-10-18)19-6-3-4-7-19/h18-20H,3-16H2,1-2H3. The molecule has 28 heavy (non-hydrogen) atoms. The monoisotopic (exact) mass is 408 g/mol. The lowest BCUT2D eigenvalue weighted by Crippen LogP contribution is -2.43. The molecule has 1 aromatic heterocycles. The Hall–Kier alpha value is -0.620. The smallest absolute Gasteiger partial charge is 0.131 e. The summed E-state index contributed by atoms with van der Waals surface area (Å²) in [6.07, 6.45) is 11.2. The summed E-state index contributed by atoms with van der Waals surface area (Å²) in [5.74, 6) is 0.787. The van der Waals surface area contributed by atoms with Crippen LogP contribution in [0.5, 0.6) is 0 Å². The van der Waals surface area contributed by atoms with Gasteiger partial charge in [-0.25, -0.2) is 0 Å². The number of aryl methyl sites for hydroxylation is 2. The van der Waals surface area contributed by atoms with E-state index in [9.17, 15) is 0 Å². The van der Waals surface area contributed by atoms with Gasteiger partial charge in [-0.2, -0.15) is 5.10 Å². The van der Waals surface area contributed by atoms with Gasteiger partial charge in [-0.3, -0.25) is 9.58 Å². The molecule has 2 saturated heterocycles. The van der Waals surface area contributed by atoms with Crippen LogP contribution < -0.4 is 0 Å². The highest BCUT2D eigenvalue weighted by Gasteiger charge is 2.29. The first-order chi connectivity index (χ1) is 13.6. The molecule has 158 valence electrons. The average Bonchev–Trinajstić information content (AvgIpc) is 3.43. The molecule has 5 nitrogen and oxygen atoms in total. The Morgan fingerprint density at radius 1 is 1.07 bits per heavy atom. The van der Waals surface area contributed by atoms with Crippen molar-refractivity contribution in [1.29, 1.82) is 0 Å². The van der Waals surface area contributed by atoms with E-state index < -0.39 is 0 Å². The van der Waals surface area contributed by atoms with E-state index in [1.807, 2.05) is 7.05 Å². The van der Waals surface area contributed by atoms with Crippen molar-refractivity contribution in [1.82, 2.24) is 19.6 Å². The topological polar surface area (TPSA) is 33.5 Å². The highest BCUT2D eigenvalue weighted by Crippen LogP contribution is 2.29. The van der Waals surface area contributed by atoms with Gasteiger partial charge in [0.1, 0.15) is 5.15 Å². The number of rotatable bonds is 7. The summed E-state index contributed by atoms with van der Waals surface area (Å²) in [6, 6.07) is 0.876. The number of hydrogen-bond acceptors (Lipinski definition) is 4. The molecule has 3 aliphatic rings. The summed E-state index contributed by atoms with van der Waals surface area (Å²) in [7, 11) is 1.93. The summed E-state index contributed by atoms with van der Waals surface area (Å²) in [5.41, 5.74) is 2.24. The Morgan fingerprint density at radius 2 is 1.82 bits per heavy atom. The summed E-state index contributed by atoms with van der Waals surface area (Å²) < 4.78 is 7.76. The van der Waals surface area contributed by atoms with Crippen molar-refractivity contribution in [2.75, 3.05) is 32.8 Å². The van der Waals surface area contributed by atoms with Gasteiger partial charge >= 0.3 is 0 Å². The van der Waals surface area contributed by atoms with E-state index in [-0.39, 0.29) is 0 Å². The second kappa shape index (κ2) is 9.46. The number of piperidine rings is 1. The first-order valence-electron chi connectivity index (χ1n) is 11.4. The maximum Gasteiger partial charge on any atom is 0.131 e. The third-order valence-corrected chi connectivity index (χ3v) is 7.62. The predicted octanol–water partition coefficient (Wildman–Crippen LogP) is 4.02. The van der Waals surface area contributed by atoms with Gasteiger partial charge < -0.3 is 9.64 Å². The molecule has 1 unspecified atom stereocenters. The number of likely N-dealkylation sites (tertiary alicyclic amines) is 1. The summed E-state index contributed by atoms with van der Waals surface area (Å²) in [5, 5.41) is 5.30. The lowest BCUT2D eigenvalue weighted by atomic mass is 9.94. The van der Waals surface area contributed by atoms with Crippen LogP contribution in [0.4, 0.5) is 0 Å². The first kappa shape index (κ1) is 20.6. The van der Waals surface area contributed by atoms with Crippen molar-refractivity contribution in [2.24, 2.45) is 13.0 Å². The van der Waals surface area contributed by atoms with Crippen molar-refractivity contribution in [3.8, 4) is 0 Å². The molecule has 1 saturated carbocycles. The number of aromatic nitrogens is 2. The second-order valence-electron chi connectivity index (χ2n) is 9.23. The molecule has 1 aliphatic carbocycles. The summed E-state index contributed by atoms with van der Waals surface area (Å²) in [6.45, 7) is 8.64. The van der Waals surface area contributed by atoms with Crippen LogP contribution in [0.2, 0.25) is 5.15 Å². The molecule has 3 heterocycles. The van der Waals surface area contributed by atoms with Gasteiger partial charge in [-0.15, -0.1) is 0 Å². The second-order valence-corrected chi connectivity index (χ2v) is 9.58. The fourth-order valence-electron chi connectivity index (χ4n) is 5.49. The van der Waals surface area contributed by atoms with E-state index in [0.29, 0.717) is 6.10 Å². The zero-order valence-electron chi connectivity index (χ0n) is 17.7. The highest BCUT2D eigenvalue weighted by atomic mass is 35.5. The SMILES string of the molecule is Cc1nn(C)c(Cl)c1CN(CC1CCN(C2CCCC2)CC1)CC1CCCO1. The van der Waals surface area contributed by atoms with Crippen molar-refractivity contribution >= 4 is 11.6 Å². The predicted molar refractivity (Wildman–Crippen MR) is 114 cm³/mol. The molecule has 0 radical (unpaired) electrons. The molecular formula is C22H37ClN4O. The number of halogens is 1. The maximum absolute atomic E-state index is 6.55. The molecule has 4 rings (SSSR count). The Morgan fingerprint density at radius 3 is 2.43 bits per heavy atom. The van der Waals surface area contributed by atoms with Gasteiger partial charge in [0.2, 0.25) is 0 Å². The van der Waals surface area contributed by atoms with Gasteiger partial charge in [0.25, 0.3) is 0 Å². The molecule has 1 atom stereocenters. The van der Waals surface area contributed by atoms with Crippen LogP contribution in [0.25, 0.3) is 0 Å². The molecule has 0 spiro atoms. The molecule has 2 aliphatic heterocycles. The van der Waals surface area contributed by atoms with Crippen LogP contribution in [0.3, 0.4) is 0 Å². The van der Waals surface area contributed by atoms with Crippen LogP contribution in [-0.4, -0.2) is 64.5 Å². The van der Waals surface area contributed by atoms with Crippen LogP contribution >= 0.6 is 11.6 Å². The lowest BCUT2D eigenvalue weighted by molar-refractivity contribution is 0.0539. The fourth-order valence-corrected chi connectivity index (χ4v) is 5.73. The van der Waals surface area contributed by atoms with Crippen molar-refractivity contribution < 1.29 is 4.74 Å². The number of ether oxygens (including phenoxy) is 1. The quantitative estimate of drug-likeness (QED) is 0.682. The van der Waals surface area contributed by atoms with Crippen LogP contribution in [0, 0.1) is 12.8 Å². The largest absolute Gasteiger partial charge is 0.377 e. The van der Waals surface area contributed by atoms with Gasteiger partial charge in [-0.1, -0.05) is 24.4 Å². The highest BCUT2D eigenvalue weighted by molar-refractivity contribution is 6.30. The zero-order valence-corrected chi connectivity index (χ0v) is 18.5. The first-order valence-corrected chi connectivity index (χ1v) is 11.7. The van der Waals surface area contributed by atoms with Crippen molar-refractivity contribution in [2.45, 2.75) is 77.0 Å². The molecule has 6 heteroatoms. The van der Waals surface area contributed by atoms with E-state index in [1.165, 1.54) is 70.0 Å². The molecule has 3 fully saturated rings. The third kappa shape index (κ3) is 4.92. The van der Waals surface area contributed by atoms with Crippen molar-refractivity contribution in [3.63, 3.8) is 0 Å². The van der Waals surface area contributed by atoms with E-state index >= 15 is 0 Å². The van der Waals surface area contributed by atoms with Crippen molar-refractivity contribution in [3.05, 3.63) is 16.4 Å². The minimum Gasteiger partial charge on any atom is -0.377 e. The van der Waals surface area contributed by atoms with Gasteiger partial charge in [-0.05, 0) is 64.5 Å². The Bertz CT molecular complexity index is 629. The Balaban J connectivity index is 1.36. The maximum atomic E-state index is 6.55. The summed E-state index contributed by atoms with van der Waals surface area (Å²) in [4.78, 5) is 5.37. The number of hydrogen-bond donors (Lipinski definition) is 0. The fraction of sp³-hybridized carbons (Fsp3) is 0.864. The molecule has 1 aromatic rings. The number of nitrogens with zero attached hydrogens (tertiary/aromatic N) is 4. The lowest BCUT2D eigenvalue weighted by Gasteiger charge is -2.38. The van der Waals surface area contributed by atoms with E-state index in [0.717, 1.165) is 49.0 Å². The van der Waals surface area contributed by atoms with Gasteiger partial charge in [0.05, 0.1) is 11.8 Å². The molecule has 0 amide bonds. The molecule has 0 N–H and O–H groups in total. The van der Waals surface area contributed by atoms with E-state index in [1.54, 1.807) is 4.68 Å².